The van der Waals surface area contributed by atoms with Gasteiger partial charge in [-0.2, -0.15) is 23.3 Å². The van der Waals surface area contributed by atoms with Crippen LogP contribution in [0.5, 0.6) is 5.88 Å². The first-order chi connectivity index (χ1) is 16.6. The van der Waals surface area contributed by atoms with Crippen molar-refractivity contribution in [3.05, 3.63) is 58.6 Å². The van der Waals surface area contributed by atoms with Crippen molar-refractivity contribution in [3.63, 3.8) is 0 Å². The molecule has 5 rings (SSSR count). The number of aromatic hydroxyl groups is 1. The number of hydrogen-bond acceptors (Lipinski definition) is 7. The maximum Gasteiger partial charge on any atom is 0.389 e. The van der Waals surface area contributed by atoms with E-state index in [2.05, 4.69) is 30.4 Å². The summed E-state index contributed by atoms with van der Waals surface area (Å²) in [6.45, 7) is 1.64. The fourth-order valence-corrected chi connectivity index (χ4v) is 4.27. The van der Waals surface area contributed by atoms with Crippen LogP contribution in [0.2, 0.25) is 5.02 Å². The molecule has 0 saturated heterocycles. The first kappa shape index (κ1) is 23.0. The molecule has 35 heavy (non-hydrogen) atoms. The normalized spacial score (nSPS) is 17.6. The molecule has 0 radical (unpaired) electrons. The molecule has 1 aromatic carbocycles. The van der Waals surface area contributed by atoms with Gasteiger partial charge in [-0.15, -0.1) is 0 Å². The van der Waals surface area contributed by atoms with Gasteiger partial charge in [0.05, 0.1) is 17.5 Å². The Balaban J connectivity index is 1.56. The van der Waals surface area contributed by atoms with Gasteiger partial charge in [0.25, 0.3) is 0 Å². The number of carbonyl (C=O) groups is 1. The average Bonchev–Trinajstić information content (AvgIpc) is 3.36. The molecule has 0 saturated carbocycles. The molecular weight excluding hydrogens is 487 g/mol. The Morgan fingerprint density at radius 1 is 1.17 bits per heavy atom. The number of aromatic nitrogens is 6. The van der Waals surface area contributed by atoms with Gasteiger partial charge in [0.2, 0.25) is 11.8 Å². The van der Waals surface area contributed by atoms with Crippen molar-refractivity contribution in [2.45, 2.75) is 37.8 Å². The predicted octanol–water partition coefficient (Wildman–Crippen LogP) is 4.08. The summed E-state index contributed by atoms with van der Waals surface area (Å²) in [6.07, 6.45) is -2.74. The van der Waals surface area contributed by atoms with Gasteiger partial charge in [-0.1, -0.05) is 23.7 Å². The van der Waals surface area contributed by atoms with E-state index in [9.17, 15) is 23.1 Å². The monoisotopic (exact) mass is 503 g/mol. The Kier molecular flexibility index (Phi) is 5.35. The molecule has 9 nitrogen and oxygen atoms in total. The fraction of sp³-hybridized carbons (Fsp3) is 0.273. The maximum atomic E-state index is 13.0. The molecule has 0 spiro atoms. The Morgan fingerprint density at radius 2 is 1.91 bits per heavy atom. The highest BCUT2D eigenvalue weighted by molar-refractivity contribution is 6.30. The maximum absolute atomic E-state index is 13.0. The minimum Gasteiger partial charge on any atom is -0.493 e. The van der Waals surface area contributed by atoms with Crippen LogP contribution in [0.25, 0.3) is 17.2 Å². The number of rotatable bonds is 5. The summed E-state index contributed by atoms with van der Waals surface area (Å²) in [6, 6.07) is 6.63. The van der Waals surface area contributed by atoms with Crippen molar-refractivity contribution >= 4 is 29.0 Å². The Hall–Kier alpha value is -3.80. The van der Waals surface area contributed by atoms with Crippen LogP contribution in [0, 0.1) is 0 Å². The third-order valence-corrected chi connectivity index (χ3v) is 6.18. The highest BCUT2D eigenvalue weighted by Crippen LogP contribution is 2.46. The molecule has 0 fully saturated rings. The largest absolute Gasteiger partial charge is 0.493 e. The third kappa shape index (κ3) is 4.03. The lowest BCUT2D eigenvalue weighted by atomic mass is 9.78. The van der Waals surface area contributed by atoms with E-state index in [0.29, 0.717) is 16.2 Å². The SMILES string of the molecule is CC1(c2ccc(Cl)cc2)C(=O)Nc2nc(-c3cn4ncnc4c(CCCC(F)(F)F)n3)nc(O)c21. The van der Waals surface area contributed by atoms with Crippen LogP contribution >= 0.6 is 11.6 Å². The van der Waals surface area contributed by atoms with E-state index in [1.54, 1.807) is 31.2 Å². The predicted molar refractivity (Wildman–Crippen MR) is 119 cm³/mol. The number of alkyl halides is 3. The first-order valence-electron chi connectivity index (χ1n) is 10.5. The summed E-state index contributed by atoms with van der Waals surface area (Å²) >= 11 is 5.97. The number of carbonyl (C=O) groups excluding carboxylic acids is 1. The van der Waals surface area contributed by atoms with Gasteiger partial charge in [0.1, 0.15) is 23.3 Å². The van der Waals surface area contributed by atoms with E-state index in [1.165, 1.54) is 17.0 Å². The lowest BCUT2D eigenvalue weighted by molar-refractivity contribution is -0.135. The van der Waals surface area contributed by atoms with Gasteiger partial charge >= 0.3 is 6.18 Å². The van der Waals surface area contributed by atoms with E-state index in [-0.39, 0.29) is 41.4 Å². The number of hydrogen-bond donors (Lipinski definition) is 2. The molecular formula is C22H17ClF3N7O2. The van der Waals surface area contributed by atoms with Crippen LogP contribution in [0.4, 0.5) is 19.0 Å². The summed E-state index contributed by atoms with van der Waals surface area (Å²) in [4.78, 5) is 30.0. The lowest BCUT2D eigenvalue weighted by Crippen LogP contribution is -2.32. The number of anilines is 1. The van der Waals surface area contributed by atoms with Crippen LogP contribution in [-0.2, 0) is 16.6 Å². The van der Waals surface area contributed by atoms with Crippen molar-refractivity contribution in [2.24, 2.45) is 0 Å². The number of nitrogens with zero attached hydrogens (tertiary/aromatic N) is 6. The van der Waals surface area contributed by atoms with E-state index in [1.807, 2.05) is 0 Å². The van der Waals surface area contributed by atoms with Crippen LogP contribution in [0.15, 0.2) is 36.8 Å². The zero-order valence-corrected chi connectivity index (χ0v) is 18.9. The average molecular weight is 504 g/mol. The van der Waals surface area contributed by atoms with Crippen molar-refractivity contribution in [1.82, 2.24) is 29.5 Å². The smallest absolute Gasteiger partial charge is 0.389 e. The van der Waals surface area contributed by atoms with Crippen molar-refractivity contribution in [1.29, 1.82) is 0 Å². The highest BCUT2D eigenvalue weighted by atomic mass is 35.5. The lowest BCUT2D eigenvalue weighted by Gasteiger charge is -2.22. The molecule has 4 heterocycles. The molecule has 3 aromatic heterocycles. The first-order valence-corrected chi connectivity index (χ1v) is 10.9. The fourth-order valence-electron chi connectivity index (χ4n) is 4.14. The zero-order valence-electron chi connectivity index (χ0n) is 18.1. The van der Waals surface area contributed by atoms with Crippen molar-refractivity contribution in [2.75, 3.05) is 5.32 Å². The number of benzene rings is 1. The summed E-state index contributed by atoms with van der Waals surface area (Å²) in [7, 11) is 0. The summed E-state index contributed by atoms with van der Waals surface area (Å²) in [5.41, 5.74) is 0.249. The molecule has 1 atom stereocenters. The summed E-state index contributed by atoms with van der Waals surface area (Å²) in [5.74, 6) is -0.769. The van der Waals surface area contributed by atoms with Gasteiger partial charge < -0.3 is 10.4 Å². The van der Waals surface area contributed by atoms with Crippen molar-refractivity contribution in [3.8, 4) is 17.4 Å². The van der Waals surface area contributed by atoms with Crippen LogP contribution in [-0.4, -0.2) is 46.7 Å². The van der Waals surface area contributed by atoms with Gasteiger partial charge in [0, 0.05) is 11.4 Å². The number of nitrogens with one attached hydrogen (secondary N) is 1. The zero-order chi connectivity index (χ0) is 25.0. The van der Waals surface area contributed by atoms with E-state index in [0.717, 1.165) is 0 Å². The van der Waals surface area contributed by atoms with Crippen molar-refractivity contribution < 1.29 is 23.1 Å². The number of fused-ring (bicyclic) bond motifs is 2. The van der Waals surface area contributed by atoms with Crippen LogP contribution in [0.3, 0.4) is 0 Å². The van der Waals surface area contributed by atoms with Gasteiger partial charge in [-0.3, -0.25) is 4.79 Å². The van der Waals surface area contributed by atoms with Gasteiger partial charge in [-0.25, -0.2) is 19.5 Å². The second-order valence-corrected chi connectivity index (χ2v) is 8.69. The standard InChI is InChI=1S/C22H17ClF3N7O2/c1-21(11-4-6-12(23)7-5-11)15-17(32-20(21)35)30-16(31-19(15)34)14-9-33-18(27-10-28-33)13(29-14)3-2-8-22(24,25)26/h4-7,9-10H,2-3,8H2,1H3,(H2,30,31,32,34,35). The summed E-state index contributed by atoms with van der Waals surface area (Å²) in [5, 5.41) is 18.1. The molecule has 0 aliphatic carbocycles. The number of aryl methyl sites for hydroxylation is 1. The Labute approximate surface area is 201 Å². The Morgan fingerprint density at radius 3 is 2.63 bits per heavy atom. The molecule has 1 aliphatic rings. The second-order valence-electron chi connectivity index (χ2n) is 8.25. The molecule has 180 valence electrons. The molecule has 1 amide bonds. The quantitative estimate of drug-likeness (QED) is 0.421. The topological polar surface area (TPSA) is 118 Å². The highest BCUT2D eigenvalue weighted by Gasteiger charge is 2.48. The minimum atomic E-state index is -4.29. The molecule has 13 heteroatoms. The van der Waals surface area contributed by atoms with Gasteiger partial charge in [-0.05, 0) is 37.5 Å². The van der Waals surface area contributed by atoms with Crippen LogP contribution < -0.4 is 5.32 Å². The minimum absolute atomic E-state index is 0.00214. The number of amides is 1. The van der Waals surface area contributed by atoms with Crippen LogP contribution in [0.1, 0.15) is 36.6 Å². The van der Waals surface area contributed by atoms with Gasteiger partial charge in [0.15, 0.2) is 11.5 Å². The second kappa shape index (κ2) is 8.15. The van der Waals surface area contributed by atoms with E-state index in [4.69, 9.17) is 11.6 Å². The third-order valence-electron chi connectivity index (χ3n) is 5.93. The number of halogens is 4. The van der Waals surface area contributed by atoms with E-state index < -0.39 is 29.8 Å². The molecule has 0 bridgehead atoms. The molecule has 2 N–H and O–H groups in total. The summed E-state index contributed by atoms with van der Waals surface area (Å²) < 4.78 is 39.2. The molecule has 1 unspecified atom stereocenters. The Bertz CT molecular complexity index is 1460. The van der Waals surface area contributed by atoms with E-state index >= 15 is 0 Å². The molecule has 4 aromatic rings. The molecule has 1 aliphatic heterocycles.